The van der Waals surface area contributed by atoms with Gasteiger partial charge in [-0.15, -0.1) is 11.3 Å². The molecule has 1 aliphatic rings. The number of hydrogen-bond acceptors (Lipinski definition) is 5. The average molecular weight is 241 g/mol. The molecule has 0 radical (unpaired) electrons. The molecule has 0 bridgehead atoms. The number of hydrogen-bond donors (Lipinski definition) is 1. The largest absolute Gasteiger partial charge is 0.376 e. The monoisotopic (exact) mass is 241 g/mol. The molecule has 1 aromatic heterocycles. The van der Waals surface area contributed by atoms with E-state index in [0.29, 0.717) is 18.7 Å². The Morgan fingerprint density at radius 2 is 2.44 bits per heavy atom. The SMILES string of the molecule is CC1CN(Cc2csc(CN)n2)C(C)CO1. The normalized spacial score (nSPS) is 27.2. The van der Waals surface area contributed by atoms with Gasteiger partial charge in [0.2, 0.25) is 0 Å². The molecule has 90 valence electrons. The molecule has 1 aromatic rings. The van der Waals surface area contributed by atoms with E-state index in [9.17, 15) is 0 Å². The summed E-state index contributed by atoms with van der Waals surface area (Å²) in [7, 11) is 0. The Kier molecular flexibility index (Phi) is 3.91. The Labute approximate surface area is 100 Å². The Morgan fingerprint density at radius 3 is 3.12 bits per heavy atom. The molecule has 0 aliphatic carbocycles. The Bertz CT molecular complexity index is 342. The van der Waals surface area contributed by atoms with Crippen molar-refractivity contribution in [2.75, 3.05) is 13.2 Å². The van der Waals surface area contributed by atoms with Crippen molar-refractivity contribution in [2.45, 2.75) is 39.1 Å². The fourth-order valence-electron chi connectivity index (χ4n) is 1.92. The van der Waals surface area contributed by atoms with Crippen LogP contribution in [0.1, 0.15) is 24.5 Å². The van der Waals surface area contributed by atoms with E-state index in [2.05, 4.69) is 29.1 Å². The van der Waals surface area contributed by atoms with Crippen LogP contribution in [0.5, 0.6) is 0 Å². The van der Waals surface area contributed by atoms with Crippen molar-refractivity contribution in [3.8, 4) is 0 Å². The lowest BCUT2D eigenvalue weighted by atomic mass is 10.2. The van der Waals surface area contributed by atoms with Gasteiger partial charge in [0.05, 0.1) is 18.4 Å². The number of nitrogens with two attached hydrogens (primary N) is 1. The highest BCUT2D eigenvalue weighted by molar-refractivity contribution is 7.09. The minimum absolute atomic E-state index is 0.323. The van der Waals surface area contributed by atoms with Crippen LogP contribution in [0.25, 0.3) is 0 Å². The molecule has 0 amide bonds. The van der Waals surface area contributed by atoms with Crippen LogP contribution < -0.4 is 5.73 Å². The number of nitrogens with zero attached hydrogens (tertiary/aromatic N) is 2. The molecule has 2 heterocycles. The van der Waals surface area contributed by atoms with E-state index in [4.69, 9.17) is 10.5 Å². The third kappa shape index (κ3) is 2.79. The van der Waals surface area contributed by atoms with Gasteiger partial charge in [0, 0.05) is 31.1 Å². The smallest absolute Gasteiger partial charge is 0.106 e. The first kappa shape index (κ1) is 12.0. The fourth-order valence-corrected chi connectivity index (χ4v) is 2.58. The topological polar surface area (TPSA) is 51.4 Å². The molecule has 1 saturated heterocycles. The van der Waals surface area contributed by atoms with Gasteiger partial charge in [0.15, 0.2) is 0 Å². The summed E-state index contributed by atoms with van der Waals surface area (Å²) in [5.41, 5.74) is 6.69. The minimum atomic E-state index is 0.323. The highest BCUT2D eigenvalue weighted by Gasteiger charge is 2.23. The van der Waals surface area contributed by atoms with E-state index in [0.717, 1.165) is 30.4 Å². The molecular formula is C11H19N3OS. The Balaban J connectivity index is 1.97. The minimum Gasteiger partial charge on any atom is -0.376 e. The summed E-state index contributed by atoms with van der Waals surface area (Å²) in [6, 6.07) is 0.472. The molecule has 1 fully saturated rings. The van der Waals surface area contributed by atoms with Crippen molar-refractivity contribution in [2.24, 2.45) is 5.73 Å². The summed E-state index contributed by atoms with van der Waals surface area (Å²) >= 11 is 1.65. The summed E-state index contributed by atoms with van der Waals surface area (Å²) < 4.78 is 5.60. The van der Waals surface area contributed by atoms with Crippen LogP contribution in [0.3, 0.4) is 0 Å². The predicted octanol–water partition coefficient (Wildman–Crippen LogP) is 1.21. The van der Waals surface area contributed by atoms with Crippen LogP contribution in [0.4, 0.5) is 0 Å². The van der Waals surface area contributed by atoms with Crippen molar-refractivity contribution in [3.05, 3.63) is 16.1 Å². The van der Waals surface area contributed by atoms with Crippen molar-refractivity contribution in [3.63, 3.8) is 0 Å². The van der Waals surface area contributed by atoms with Crippen molar-refractivity contribution in [1.29, 1.82) is 0 Å². The van der Waals surface area contributed by atoms with Crippen LogP contribution in [-0.4, -0.2) is 35.2 Å². The molecule has 2 atom stereocenters. The zero-order chi connectivity index (χ0) is 11.5. The van der Waals surface area contributed by atoms with Crippen molar-refractivity contribution in [1.82, 2.24) is 9.88 Å². The van der Waals surface area contributed by atoms with E-state index in [1.165, 1.54) is 0 Å². The number of rotatable bonds is 3. The van der Waals surface area contributed by atoms with Gasteiger partial charge >= 0.3 is 0 Å². The second-order valence-electron chi connectivity index (χ2n) is 4.36. The molecule has 2 unspecified atom stereocenters. The van der Waals surface area contributed by atoms with Crippen molar-refractivity contribution < 1.29 is 4.74 Å². The van der Waals surface area contributed by atoms with Gasteiger partial charge in [-0.05, 0) is 13.8 Å². The van der Waals surface area contributed by atoms with Gasteiger partial charge < -0.3 is 10.5 Å². The third-order valence-corrected chi connectivity index (χ3v) is 3.80. The highest BCUT2D eigenvalue weighted by Crippen LogP contribution is 2.16. The second-order valence-corrected chi connectivity index (χ2v) is 5.30. The van der Waals surface area contributed by atoms with Crippen molar-refractivity contribution >= 4 is 11.3 Å². The zero-order valence-corrected chi connectivity index (χ0v) is 10.7. The van der Waals surface area contributed by atoms with Gasteiger partial charge in [-0.1, -0.05) is 0 Å². The molecule has 2 N–H and O–H groups in total. The predicted molar refractivity (Wildman–Crippen MR) is 65.3 cm³/mol. The van der Waals surface area contributed by atoms with Gasteiger partial charge in [-0.2, -0.15) is 0 Å². The second kappa shape index (κ2) is 5.23. The molecule has 4 nitrogen and oxygen atoms in total. The van der Waals surface area contributed by atoms with Crippen LogP contribution in [0.15, 0.2) is 5.38 Å². The van der Waals surface area contributed by atoms with E-state index in [1.54, 1.807) is 11.3 Å². The molecule has 16 heavy (non-hydrogen) atoms. The molecule has 2 rings (SSSR count). The Hall–Kier alpha value is -0.490. The number of morpholine rings is 1. The zero-order valence-electron chi connectivity index (χ0n) is 9.85. The highest BCUT2D eigenvalue weighted by atomic mass is 32.1. The van der Waals surface area contributed by atoms with Crippen LogP contribution >= 0.6 is 11.3 Å². The molecule has 0 saturated carbocycles. The Morgan fingerprint density at radius 1 is 1.62 bits per heavy atom. The van der Waals surface area contributed by atoms with Gasteiger partial charge in [-0.3, -0.25) is 4.90 Å². The molecular weight excluding hydrogens is 222 g/mol. The summed E-state index contributed by atoms with van der Waals surface area (Å²) in [6.45, 7) is 7.56. The van der Waals surface area contributed by atoms with Crippen LogP contribution in [0, 0.1) is 0 Å². The van der Waals surface area contributed by atoms with E-state index < -0.39 is 0 Å². The maximum atomic E-state index is 5.60. The summed E-state index contributed by atoms with van der Waals surface area (Å²) in [5, 5.41) is 3.12. The van der Waals surface area contributed by atoms with E-state index in [1.807, 2.05) is 0 Å². The number of thiazole rings is 1. The summed E-state index contributed by atoms with van der Waals surface area (Å²) in [6.07, 6.45) is 0.323. The van der Waals surface area contributed by atoms with Gasteiger partial charge in [-0.25, -0.2) is 4.98 Å². The first-order chi connectivity index (χ1) is 7.69. The number of aromatic nitrogens is 1. The quantitative estimate of drug-likeness (QED) is 0.864. The first-order valence-electron chi connectivity index (χ1n) is 5.68. The summed E-state index contributed by atoms with van der Waals surface area (Å²) in [4.78, 5) is 6.91. The first-order valence-corrected chi connectivity index (χ1v) is 6.56. The molecule has 5 heteroatoms. The number of ether oxygens (including phenoxy) is 1. The van der Waals surface area contributed by atoms with Crippen LogP contribution in [-0.2, 0) is 17.8 Å². The summed E-state index contributed by atoms with van der Waals surface area (Å²) in [5.74, 6) is 0. The van der Waals surface area contributed by atoms with Crippen LogP contribution in [0.2, 0.25) is 0 Å². The molecule has 1 aliphatic heterocycles. The lowest BCUT2D eigenvalue weighted by Gasteiger charge is -2.36. The van der Waals surface area contributed by atoms with Gasteiger partial charge in [0.25, 0.3) is 0 Å². The molecule has 0 spiro atoms. The maximum absolute atomic E-state index is 5.60. The third-order valence-electron chi connectivity index (χ3n) is 2.88. The molecule has 0 aromatic carbocycles. The average Bonchev–Trinajstić information content (AvgIpc) is 2.71. The van der Waals surface area contributed by atoms with Gasteiger partial charge in [0.1, 0.15) is 5.01 Å². The standard InChI is InChI=1S/C11H19N3OS/c1-8-6-15-9(2)4-14(8)5-10-7-16-11(3-12)13-10/h7-9H,3-6,12H2,1-2H3. The maximum Gasteiger partial charge on any atom is 0.106 e. The van der Waals surface area contributed by atoms with E-state index >= 15 is 0 Å². The lowest BCUT2D eigenvalue weighted by molar-refractivity contribution is -0.0530. The fraction of sp³-hybridized carbons (Fsp3) is 0.727. The van der Waals surface area contributed by atoms with E-state index in [-0.39, 0.29) is 0 Å². The lowest BCUT2D eigenvalue weighted by Crippen LogP contribution is -2.46.